The highest BCUT2D eigenvalue weighted by Crippen LogP contribution is 2.42. The highest BCUT2D eigenvalue weighted by Gasteiger charge is 2.43. The first-order chi connectivity index (χ1) is 17.6. The van der Waals surface area contributed by atoms with Gasteiger partial charge in [0.25, 0.3) is 5.91 Å². The number of anilines is 1. The number of methoxy groups -OCH3 is 1. The Morgan fingerprint density at radius 3 is 2.84 bits per heavy atom. The number of benzene rings is 1. The molecule has 3 aliphatic heterocycles. The molecule has 0 bridgehead atoms. The zero-order valence-electron chi connectivity index (χ0n) is 21.1. The Kier molecular flexibility index (Phi) is 6.66. The maximum absolute atomic E-state index is 13.3. The number of alkyl halides is 3. The van der Waals surface area contributed by atoms with E-state index >= 15 is 0 Å². The van der Waals surface area contributed by atoms with Crippen LogP contribution in [0, 0.1) is 5.41 Å². The molecular weight excluding hydrogens is 485 g/mol. The van der Waals surface area contributed by atoms with E-state index in [2.05, 4.69) is 21.4 Å². The van der Waals surface area contributed by atoms with E-state index in [9.17, 15) is 18.0 Å². The lowest BCUT2D eigenvalue weighted by Gasteiger charge is -2.41. The van der Waals surface area contributed by atoms with Crippen LogP contribution in [0.3, 0.4) is 0 Å². The van der Waals surface area contributed by atoms with E-state index in [1.807, 2.05) is 18.2 Å². The lowest BCUT2D eigenvalue weighted by molar-refractivity contribution is -0.138. The lowest BCUT2D eigenvalue weighted by atomic mass is 9.83. The van der Waals surface area contributed by atoms with Gasteiger partial charge in [-0.2, -0.15) is 13.2 Å². The summed E-state index contributed by atoms with van der Waals surface area (Å²) in [7, 11) is 3.42. The average molecular weight is 517 g/mol. The Morgan fingerprint density at radius 2 is 2.08 bits per heavy atom. The summed E-state index contributed by atoms with van der Waals surface area (Å²) in [6.45, 7) is 8.19. The molecular formula is C27H31F3N4O3. The van der Waals surface area contributed by atoms with Crippen LogP contribution in [0.25, 0.3) is 0 Å². The zero-order chi connectivity index (χ0) is 26.4. The fourth-order valence-electron chi connectivity index (χ4n) is 5.63. The smallest absolute Gasteiger partial charge is 0.417 e. The van der Waals surface area contributed by atoms with Gasteiger partial charge < -0.3 is 19.3 Å². The predicted molar refractivity (Wildman–Crippen MR) is 132 cm³/mol. The van der Waals surface area contributed by atoms with E-state index in [1.165, 1.54) is 6.07 Å². The number of amides is 1. The molecule has 5 rings (SSSR count). The third kappa shape index (κ3) is 4.92. The molecule has 1 saturated heterocycles. The van der Waals surface area contributed by atoms with Crippen molar-refractivity contribution in [1.29, 1.82) is 0 Å². The molecule has 1 amide bonds. The molecule has 0 radical (unpaired) electrons. The van der Waals surface area contributed by atoms with Crippen molar-refractivity contribution >= 4 is 11.6 Å². The zero-order valence-corrected chi connectivity index (χ0v) is 21.1. The van der Waals surface area contributed by atoms with Gasteiger partial charge >= 0.3 is 6.18 Å². The largest absolute Gasteiger partial charge is 0.482 e. The van der Waals surface area contributed by atoms with Gasteiger partial charge in [-0.05, 0) is 42.3 Å². The van der Waals surface area contributed by atoms with Gasteiger partial charge in [-0.25, -0.2) is 0 Å². The van der Waals surface area contributed by atoms with Gasteiger partial charge in [-0.15, -0.1) is 0 Å². The minimum Gasteiger partial charge on any atom is -0.482 e. The predicted octanol–water partition coefficient (Wildman–Crippen LogP) is 3.87. The first kappa shape index (κ1) is 25.5. The maximum Gasteiger partial charge on any atom is 0.417 e. The van der Waals surface area contributed by atoms with Crippen LogP contribution >= 0.6 is 0 Å². The van der Waals surface area contributed by atoms with Gasteiger partial charge in [0.05, 0.1) is 17.9 Å². The molecule has 1 atom stereocenters. The van der Waals surface area contributed by atoms with Crippen molar-refractivity contribution in [2.45, 2.75) is 32.1 Å². The number of fused-ring (bicyclic) bond motifs is 2. The van der Waals surface area contributed by atoms with Crippen molar-refractivity contribution in [1.82, 2.24) is 14.8 Å². The number of pyridine rings is 1. The summed E-state index contributed by atoms with van der Waals surface area (Å²) in [5, 5.41) is 0. The molecule has 37 heavy (non-hydrogen) atoms. The molecule has 0 aliphatic carbocycles. The number of carbonyl (C=O) groups excluding carboxylic acids is 1. The topological polar surface area (TPSA) is 58.1 Å². The first-order valence-corrected chi connectivity index (χ1v) is 12.3. The van der Waals surface area contributed by atoms with Crippen molar-refractivity contribution in [3.63, 3.8) is 0 Å². The minimum atomic E-state index is -4.42. The van der Waals surface area contributed by atoms with E-state index < -0.39 is 11.7 Å². The number of hydrogen-bond acceptors (Lipinski definition) is 6. The number of rotatable bonds is 6. The van der Waals surface area contributed by atoms with E-state index in [0.717, 1.165) is 36.1 Å². The third-order valence-corrected chi connectivity index (χ3v) is 7.73. The summed E-state index contributed by atoms with van der Waals surface area (Å²) in [6.07, 6.45) is -2.10. The van der Waals surface area contributed by atoms with Crippen LogP contribution in [0.15, 0.2) is 42.7 Å². The van der Waals surface area contributed by atoms with Crippen LogP contribution in [0.4, 0.5) is 18.9 Å². The number of likely N-dealkylation sites (N-methyl/N-ethyl adjacent to an activating group) is 1. The number of carbonyl (C=O) groups is 1. The van der Waals surface area contributed by atoms with E-state index in [0.29, 0.717) is 56.2 Å². The normalized spacial score (nSPS) is 22.0. The summed E-state index contributed by atoms with van der Waals surface area (Å²) in [5.41, 5.74) is 2.97. The lowest BCUT2D eigenvalue weighted by Crippen LogP contribution is -2.42. The molecule has 7 nitrogen and oxygen atoms in total. The molecule has 1 unspecified atom stereocenters. The second kappa shape index (κ2) is 9.64. The molecule has 1 aromatic carbocycles. The van der Waals surface area contributed by atoms with Crippen LogP contribution in [-0.2, 0) is 35.2 Å². The Hall–Kier alpha value is -3.11. The summed E-state index contributed by atoms with van der Waals surface area (Å²) < 4.78 is 50.9. The third-order valence-electron chi connectivity index (χ3n) is 7.73. The molecule has 1 aromatic heterocycles. The van der Waals surface area contributed by atoms with Crippen molar-refractivity contribution in [2.75, 3.05) is 51.9 Å². The average Bonchev–Trinajstić information content (AvgIpc) is 3.28. The molecule has 0 spiro atoms. The Bertz CT molecular complexity index is 1220. The number of likely N-dealkylation sites (tertiary alicyclic amines) is 1. The molecule has 3 aliphatic rings. The first-order valence-electron chi connectivity index (χ1n) is 12.3. The Morgan fingerprint density at radius 1 is 1.27 bits per heavy atom. The molecule has 198 valence electrons. The second-order valence-corrected chi connectivity index (χ2v) is 10.2. The summed E-state index contributed by atoms with van der Waals surface area (Å²) in [4.78, 5) is 22.2. The molecule has 4 heterocycles. The molecule has 0 saturated carbocycles. The second-order valence-electron chi connectivity index (χ2n) is 10.2. The van der Waals surface area contributed by atoms with E-state index in [4.69, 9.17) is 9.47 Å². The van der Waals surface area contributed by atoms with Gasteiger partial charge in [0, 0.05) is 69.8 Å². The molecule has 1 fully saturated rings. The van der Waals surface area contributed by atoms with Gasteiger partial charge in [0.15, 0.2) is 6.61 Å². The summed E-state index contributed by atoms with van der Waals surface area (Å²) in [6, 6.07) is 7.12. The van der Waals surface area contributed by atoms with Crippen molar-refractivity contribution < 1.29 is 27.4 Å². The number of ether oxygens (including phenoxy) is 2. The van der Waals surface area contributed by atoms with Crippen molar-refractivity contribution in [3.05, 3.63) is 65.1 Å². The van der Waals surface area contributed by atoms with Gasteiger partial charge in [0.1, 0.15) is 5.75 Å². The summed E-state index contributed by atoms with van der Waals surface area (Å²) >= 11 is 0. The van der Waals surface area contributed by atoms with E-state index in [1.54, 1.807) is 19.1 Å². The standard InChI is InChI=1S/C27H31F3N4O3/c1-18(34-8-6-22-20(14-34)11-21(12-31-22)27(28,29)30)26(17-36-3)7-9-33(16-26)13-19-4-5-24-23(10-19)32(2)25(35)15-37-24/h4-5,10-12H,1,6-9,13-17H2,2-3H3. The van der Waals surface area contributed by atoms with E-state index in [-0.39, 0.29) is 17.9 Å². The fourth-order valence-corrected chi connectivity index (χ4v) is 5.63. The van der Waals surface area contributed by atoms with Crippen LogP contribution in [0.1, 0.15) is 28.8 Å². The maximum atomic E-state index is 13.3. The minimum absolute atomic E-state index is 0.0468. The van der Waals surface area contributed by atoms with Gasteiger partial charge in [0.2, 0.25) is 0 Å². The SMILES string of the molecule is C=C(N1CCc2ncc(C(F)(F)F)cc2C1)C1(COC)CCN(Cc2ccc3c(c2)N(C)C(=O)CO3)C1. The van der Waals surface area contributed by atoms with Crippen molar-refractivity contribution in [3.8, 4) is 5.75 Å². The molecule has 10 heteroatoms. The van der Waals surface area contributed by atoms with Crippen molar-refractivity contribution in [2.24, 2.45) is 5.41 Å². The van der Waals surface area contributed by atoms with Gasteiger partial charge in [-0.1, -0.05) is 12.6 Å². The Labute approximate surface area is 214 Å². The summed E-state index contributed by atoms with van der Waals surface area (Å²) in [5.74, 6) is 0.616. The highest BCUT2D eigenvalue weighted by molar-refractivity contribution is 5.97. The Balaban J connectivity index is 1.31. The number of halogens is 3. The molecule has 2 aromatic rings. The fraction of sp³-hybridized carbons (Fsp3) is 0.481. The van der Waals surface area contributed by atoms with Crippen LogP contribution in [0.5, 0.6) is 5.75 Å². The number of hydrogen-bond donors (Lipinski definition) is 0. The number of aromatic nitrogens is 1. The number of nitrogens with zero attached hydrogens (tertiary/aromatic N) is 4. The van der Waals surface area contributed by atoms with Crippen LogP contribution < -0.4 is 9.64 Å². The van der Waals surface area contributed by atoms with Crippen LogP contribution in [-0.4, -0.2) is 67.7 Å². The quantitative estimate of drug-likeness (QED) is 0.581. The van der Waals surface area contributed by atoms with Crippen LogP contribution in [0.2, 0.25) is 0 Å². The monoisotopic (exact) mass is 516 g/mol. The molecule has 0 N–H and O–H groups in total. The highest BCUT2D eigenvalue weighted by atomic mass is 19.4. The van der Waals surface area contributed by atoms with Gasteiger partial charge in [-0.3, -0.25) is 14.7 Å².